The van der Waals surface area contributed by atoms with E-state index in [1.165, 1.54) is 37.2 Å². The number of likely N-dealkylation sites (tertiary alicyclic amines) is 1. The van der Waals surface area contributed by atoms with E-state index < -0.39 is 0 Å². The van der Waals surface area contributed by atoms with Crippen molar-refractivity contribution in [2.24, 2.45) is 0 Å². The van der Waals surface area contributed by atoms with Gasteiger partial charge < -0.3 is 4.90 Å². The molecule has 0 radical (unpaired) electrons. The Morgan fingerprint density at radius 1 is 1.38 bits per heavy atom. The average Bonchev–Trinajstić information content (AvgIpc) is 2.85. The van der Waals surface area contributed by atoms with Crippen LogP contribution in [0.5, 0.6) is 0 Å². The van der Waals surface area contributed by atoms with E-state index in [1.807, 2.05) is 6.07 Å². The Balaban J connectivity index is 1.81. The predicted molar refractivity (Wildman–Crippen MR) is 67.6 cm³/mol. The Morgan fingerprint density at radius 2 is 2.19 bits per heavy atom. The molecule has 1 aromatic heterocycles. The lowest BCUT2D eigenvalue weighted by atomic mass is 10.0. The van der Waals surface area contributed by atoms with Crippen LogP contribution in [0.25, 0.3) is 0 Å². The molecule has 1 atom stereocenters. The van der Waals surface area contributed by atoms with Gasteiger partial charge in [-0.15, -0.1) is 11.3 Å². The lowest BCUT2D eigenvalue weighted by molar-refractivity contribution is 0.224. The molecule has 1 aliphatic rings. The highest BCUT2D eigenvalue weighted by Crippen LogP contribution is 2.24. The van der Waals surface area contributed by atoms with Crippen LogP contribution in [0.4, 0.5) is 0 Å². The number of piperidine rings is 1. The molecule has 86 valence electrons. The molecule has 1 saturated heterocycles. The van der Waals surface area contributed by atoms with Crippen LogP contribution in [0.1, 0.15) is 36.5 Å². The van der Waals surface area contributed by atoms with Gasteiger partial charge >= 0.3 is 0 Å². The van der Waals surface area contributed by atoms with Gasteiger partial charge in [-0.25, -0.2) is 0 Å². The van der Waals surface area contributed by atoms with Gasteiger partial charge in [0.15, 0.2) is 0 Å². The van der Waals surface area contributed by atoms with Crippen molar-refractivity contribution >= 4 is 11.3 Å². The molecule has 2 heterocycles. The first-order valence-corrected chi connectivity index (χ1v) is 6.93. The molecule has 2 nitrogen and oxygen atoms in total. The summed E-state index contributed by atoms with van der Waals surface area (Å²) in [6.45, 7) is 3.53. The van der Waals surface area contributed by atoms with E-state index in [2.05, 4.69) is 22.4 Å². The van der Waals surface area contributed by atoms with Crippen molar-refractivity contribution < 1.29 is 0 Å². The topological polar surface area (TPSA) is 27.0 Å². The average molecular weight is 234 g/mol. The smallest absolute Gasteiger partial charge is 0.0818 e. The normalized spacial score (nSPS) is 19.2. The van der Waals surface area contributed by atoms with E-state index in [1.54, 1.807) is 11.3 Å². The summed E-state index contributed by atoms with van der Waals surface area (Å²) in [7, 11) is 0. The highest BCUT2D eigenvalue weighted by Gasteiger charge is 2.15. The zero-order chi connectivity index (χ0) is 11.2. The Morgan fingerprint density at radius 3 is 2.81 bits per heavy atom. The summed E-state index contributed by atoms with van der Waals surface area (Å²) in [5.74, 6) is 0.0990. The van der Waals surface area contributed by atoms with Crippen LogP contribution in [0.2, 0.25) is 0 Å². The molecule has 0 aliphatic carbocycles. The second-order valence-corrected chi connectivity index (χ2v) is 5.37. The van der Waals surface area contributed by atoms with E-state index in [-0.39, 0.29) is 5.92 Å². The third kappa shape index (κ3) is 3.07. The van der Waals surface area contributed by atoms with Gasteiger partial charge in [0, 0.05) is 4.88 Å². The fraction of sp³-hybridized carbons (Fsp3) is 0.615. The number of nitriles is 1. The fourth-order valence-corrected chi connectivity index (χ4v) is 3.06. The lowest BCUT2D eigenvalue weighted by Gasteiger charge is -2.26. The highest BCUT2D eigenvalue weighted by atomic mass is 32.1. The number of hydrogen-bond acceptors (Lipinski definition) is 3. The summed E-state index contributed by atoms with van der Waals surface area (Å²) >= 11 is 1.70. The zero-order valence-corrected chi connectivity index (χ0v) is 10.4. The quantitative estimate of drug-likeness (QED) is 0.799. The molecule has 0 aromatic carbocycles. The van der Waals surface area contributed by atoms with Gasteiger partial charge in [0.1, 0.15) is 0 Å². The molecule has 0 amide bonds. The summed E-state index contributed by atoms with van der Waals surface area (Å²) in [4.78, 5) is 3.72. The molecule has 0 bridgehead atoms. The summed E-state index contributed by atoms with van der Waals surface area (Å²) in [6.07, 6.45) is 5.02. The third-order valence-electron chi connectivity index (χ3n) is 3.23. The number of thiophene rings is 1. The van der Waals surface area contributed by atoms with Gasteiger partial charge in [0.25, 0.3) is 0 Å². The SMILES string of the molecule is N#CC(CCN1CCCCC1)c1cccs1. The Labute approximate surface area is 102 Å². The first-order chi connectivity index (χ1) is 7.90. The van der Waals surface area contributed by atoms with Crippen LogP contribution in [0, 0.1) is 11.3 Å². The van der Waals surface area contributed by atoms with Crippen molar-refractivity contribution in [3.8, 4) is 6.07 Å². The molecule has 1 aromatic rings. The minimum Gasteiger partial charge on any atom is -0.303 e. The van der Waals surface area contributed by atoms with Crippen molar-refractivity contribution in [1.82, 2.24) is 4.90 Å². The molecule has 0 N–H and O–H groups in total. The highest BCUT2D eigenvalue weighted by molar-refractivity contribution is 7.10. The van der Waals surface area contributed by atoms with Gasteiger partial charge in [-0.05, 0) is 50.3 Å². The molecule has 0 saturated carbocycles. The van der Waals surface area contributed by atoms with Gasteiger partial charge in [-0.3, -0.25) is 0 Å². The van der Waals surface area contributed by atoms with Crippen molar-refractivity contribution in [2.45, 2.75) is 31.6 Å². The summed E-state index contributed by atoms with van der Waals surface area (Å²) in [5, 5.41) is 11.2. The van der Waals surface area contributed by atoms with Crippen LogP contribution in [0.15, 0.2) is 17.5 Å². The molecular formula is C13H18N2S. The van der Waals surface area contributed by atoms with E-state index in [4.69, 9.17) is 5.26 Å². The number of hydrogen-bond donors (Lipinski definition) is 0. The van der Waals surface area contributed by atoms with Crippen LogP contribution in [-0.2, 0) is 0 Å². The standard InChI is InChI=1S/C13H18N2S/c14-11-12(13-5-4-10-16-13)6-9-15-7-2-1-3-8-15/h4-5,10,12H,1-3,6-9H2. The maximum atomic E-state index is 9.17. The van der Waals surface area contributed by atoms with E-state index in [9.17, 15) is 0 Å². The lowest BCUT2D eigenvalue weighted by Crippen LogP contribution is -2.31. The predicted octanol–water partition coefficient (Wildman–Crippen LogP) is 3.23. The minimum absolute atomic E-state index is 0.0990. The minimum atomic E-state index is 0.0990. The van der Waals surface area contributed by atoms with Gasteiger partial charge in [-0.1, -0.05) is 12.5 Å². The van der Waals surface area contributed by atoms with Crippen molar-refractivity contribution in [2.75, 3.05) is 19.6 Å². The van der Waals surface area contributed by atoms with Crippen LogP contribution in [-0.4, -0.2) is 24.5 Å². The summed E-state index contributed by atoms with van der Waals surface area (Å²) in [6, 6.07) is 6.54. The van der Waals surface area contributed by atoms with Crippen molar-refractivity contribution in [3.05, 3.63) is 22.4 Å². The molecule has 2 rings (SSSR count). The molecule has 16 heavy (non-hydrogen) atoms. The van der Waals surface area contributed by atoms with E-state index in [0.29, 0.717) is 0 Å². The maximum absolute atomic E-state index is 9.17. The van der Waals surface area contributed by atoms with Crippen LogP contribution in [0.3, 0.4) is 0 Å². The first kappa shape index (κ1) is 11.6. The fourth-order valence-electron chi connectivity index (χ4n) is 2.25. The van der Waals surface area contributed by atoms with Gasteiger partial charge in [0.2, 0.25) is 0 Å². The van der Waals surface area contributed by atoms with E-state index >= 15 is 0 Å². The van der Waals surface area contributed by atoms with Crippen molar-refractivity contribution in [3.63, 3.8) is 0 Å². The van der Waals surface area contributed by atoms with Gasteiger partial charge in [0.05, 0.1) is 12.0 Å². The molecule has 3 heteroatoms. The molecular weight excluding hydrogens is 216 g/mol. The largest absolute Gasteiger partial charge is 0.303 e. The Hall–Kier alpha value is -0.850. The monoisotopic (exact) mass is 234 g/mol. The summed E-state index contributed by atoms with van der Waals surface area (Å²) < 4.78 is 0. The second-order valence-electron chi connectivity index (χ2n) is 4.39. The maximum Gasteiger partial charge on any atom is 0.0818 e. The molecule has 1 fully saturated rings. The first-order valence-electron chi connectivity index (χ1n) is 6.05. The third-order valence-corrected chi connectivity index (χ3v) is 4.21. The zero-order valence-electron chi connectivity index (χ0n) is 9.56. The van der Waals surface area contributed by atoms with Crippen LogP contribution >= 0.6 is 11.3 Å². The number of rotatable bonds is 4. The molecule has 1 aliphatic heterocycles. The molecule has 0 spiro atoms. The summed E-state index contributed by atoms with van der Waals surface area (Å²) in [5.41, 5.74) is 0. The number of nitrogens with zero attached hydrogens (tertiary/aromatic N) is 2. The van der Waals surface area contributed by atoms with Crippen molar-refractivity contribution in [1.29, 1.82) is 5.26 Å². The van der Waals surface area contributed by atoms with Crippen LogP contribution < -0.4 is 0 Å². The molecule has 1 unspecified atom stereocenters. The van der Waals surface area contributed by atoms with E-state index in [0.717, 1.165) is 13.0 Å². The second kappa shape index (κ2) is 6.03. The Kier molecular flexibility index (Phi) is 4.38. The Bertz CT molecular complexity index is 333. The van der Waals surface area contributed by atoms with Gasteiger partial charge in [-0.2, -0.15) is 5.26 Å².